The Labute approximate surface area is 820 Å². The number of hydrogen-bond donors (Lipinski definition) is 15. The van der Waals surface area contributed by atoms with Crippen molar-refractivity contribution in [1.82, 2.24) is 0 Å². The lowest BCUT2D eigenvalue weighted by Gasteiger charge is -2.22. The molecule has 0 bridgehead atoms. The highest BCUT2D eigenvalue weighted by atomic mass is 16.6. The van der Waals surface area contributed by atoms with Crippen LogP contribution in [0.5, 0.6) is 0 Å². The minimum atomic E-state index is -0.815. The summed E-state index contributed by atoms with van der Waals surface area (Å²) in [6.45, 7) is 13.2. The number of nitrogens with two attached hydrogens (primary N) is 6. The number of esters is 1. The van der Waals surface area contributed by atoms with Gasteiger partial charge in [0.25, 0.3) is 29.1 Å². The van der Waals surface area contributed by atoms with Gasteiger partial charge in [-0.1, -0.05) is 137 Å². The molecule has 741 valence electrons. The summed E-state index contributed by atoms with van der Waals surface area (Å²) in [6.07, 6.45) is 5.55. The van der Waals surface area contributed by atoms with E-state index >= 15 is 0 Å². The summed E-state index contributed by atoms with van der Waals surface area (Å²) in [6, 6.07) is 69.1. The van der Waals surface area contributed by atoms with E-state index < -0.39 is 74.5 Å². The van der Waals surface area contributed by atoms with Crippen molar-refractivity contribution in [2.75, 3.05) is 45.2 Å². The van der Waals surface area contributed by atoms with Crippen LogP contribution in [-0.4, -0.2) is 117 Å². The van der Waals surface area contributed by atoms with Crippen molar-refractivity contribution in [1.29, 1.82) is 0 Å². The Hall–Kier alpha value is -18.1. The van der Waals surface area contributed by atoms with Gasteiger partial charge in [0.05, 0.1) is 52.3 Å². The molecule has 0 spiro atoms. The van der Waals surface area contributed by atoms with Gasteiger partial charge >= 0.3 is 11.9 Å². The number of aliphatic hydroxyl groups excluding tert-OH is 3. The number of aliphatic carboxylic acids is 1. The van der Waals surface area contributed by atoms with Crippen LogP contribution in [0.25, 0.3) is 0 Å². The second-order valence-electron chi connectivity index (χ2n) is 31.4. The summed E-state index contributed by atoms with van der Waals surface area (Å²) in [5, 5.41) is 95.8. The van der Waals surface area contributed by atoms with Gasteiger partial charge in [-0.3, -0.25) is 77.8 Å². The van der Waals surface area contributed by atoms with E-state index in [0.29, 0.717) is 76.5 Å². The zero-order chi connectivity index (χ0) is 104. The number of non-ortho nitro benzene ring substituents is 2. The Bertz CT molecular complexity index is 6260. The first-order valence-corrected chi connectivity index (χ1v) is 43.7. The fourth-order valence-corrected chi connectivity index (χ4v) is 12.8. The van der Waals surface area contributed by atoms with Gasteiger partial charge in [-0.25, -0.2) is 0 Å². The predicted octanol–water partition coefficient (Wildman–Crippen LogP) is 18.7. The molecule has 0 aliphatic rings. The van der Waals surface area contributed by atoms with Gasteiger partial charge in [0.15, 0.2) is 17.1 Å². The van der Waals surface area contributed by atoms with Gasteiger partial charge in [0, 0.05) is 101 Å². The molecule has 40 nitrogen and oxygen atoms in total. The highest BCUT2D eigenvalue weighted by molar-refractivity contribution is 6.07. The highest BCUT2D eigenvalue weighted by Gasteiger charge is 2.26. The number of nitrogens with one attached hydrogen (secondary N) is 5. The molecule has 0 aliphatic heterocycles. The Morgan fingerprint density at radius 1 is 0.387 bits per heavy atom. The number of carboxylic acid groups (broad SMARTS) is 1. The topological polar surface area (TPSA) is 672 Å². The lowest BCUT2D eigenvalue weighted by atomic mass is 9.85. The number of ether oxygens (including phenoxy) is 1. The lowest BCUT2D eigenvalue weighted by Crippen LogP contribution is -2.25. The second-order valence-corrected chi connectivity index (χ2v) is 31.4. The number of Topliss-reactive ketones (excluding diaryl/α,β-unsaturated/α-hetero) is 1. The number of hydrogen-bond acceptors (Lipinski definition) is 28. The number of carbonyl (C=O) groups is 12. The summed E-state index contributed by atoms with van der Waals surface area (Å²) in [5.74, 6) is -7.69. The van der Waals surface area contributed by atoms with Crippen LogP contribution in [0.3, 0.4) is 0 Å². The number of methoxy groups -OCH3 is 1. The summed E-state index contributed by atoms with van der Waals surface area (Å²) in [4.78, 5) is 160. The maximum Gasteiger partial charge on any atom is 0.308 e. The molecule has 10 rings (SSSR count). The number of aliphatic hydroxyl groups is 3. The third kappa shape index (κ3) is 42.0. The van der Waals surface area contributed by atoms with Gasteiger partial charge in [-0.2, -0.15) is 15.3 Å². The number of nitro groups is 2. The summed E-state index contributed by atoms with van der Waals surface area (Å²) >= 11 is 0. The van der Waals surface area contributed by atoms with Crippen molar-refractivity contribution < 1.29 is 92.5 Å². The number of amides is 9. The average molecular weight is 1940 g/mol. The largest absolute Gasteiger partial charge is 0.510 e. The first kappa shape index (κ1) is 116. The highest BCUT2D eigenvalue weighted by Crippen LogP contribution is 2.32. The fourth-order valence-electron chi connectivity index (χ4n) is 12.8. The van der Waals surface area contributed by atoms with E-state index in [0.717, 1.165) is 38.2 Å². The number of anilines is 7. The van der Waals surface area contributed by atoms with Crippen molar-refractivity contribution >= 4 is 148 Å². The van der Waals surface area contributed by atoms with Crippen LogP contribution in [0.2, 0.25) is 0 Å². The van der Waals surface area contributed by atoms with Crippen LogP contribution >= 0.6 is 0 Å². The van der Waals surface area contributed by atoms with Crippen LogP contribution in [0, 0.1) is 38.0 Å². The molecule has 142 heavy (non-hydrogen) atoms. The summed E-state index contributed by atoms with van der Waals surface area (Å²) in [7, 11) is 1.36. The molecule has 0 saturated carbocycles. The van der Waals surface area contributed by atoms with E-state index in [9.17, 15) is 93.1 Å². The van der Waals surface area contributed by atoms with E-state index in [-0.39, 0.29) is 118 Å². The smallest absolute Gasteiger partial charge is 0.308 e. The maximum atomic E-state index is 13.6. The Kier molecular flexibility index (Phi) is 49.4. The monoisotopic (exact) mass is 1940 g/mol. The van der Waals surface area contributed by atoms with Crippen molar-refractivity contribution in [3.05, 3.63) is 343 Å². The molecule has 21 N–H and O–H groups in total. The number of carboxylic acids is 1. The number of carbonyl (C=O) groups excluding carboxylic acids is 11. The van der Waals surface area contributed by atoms with Crippen LogP contribution in [0.1, 0.15) is 178 Å². The van der Waals surface area contributed by atoms with Crippen molar-refractivity contribution in [2.24, 2.45) is 71.4 Å². The van der Waals surface area contributed by atoms with E-state index in [1.54, 1.807) is 104 Å². The lowest BCUT2D eigenvalue weighted by molar-refractivity contribution is -0.385. The molecule has 0 aromatic heterocycles. The molecular weight excluding hydrogens is 1830 g/mol. The van der Waals surface area contributed by atoms with Crippen LogP contribution in [0.4, 0.5) is 68.2 Å². The number of azo groups is 3. The molecule has 0 saturated heterocycles. The van der Waals surface area contributed by atoms with Gasteiger partial charge in [-0.15, -0.1) is 15.3 Å². The van der Waals surface area contributed by atoms with E-state index in [2.05, 4.69) is 95.4 Å². The zero-order valence-corrected chi connectivity index (χ0v) is 79.3. The number of nitro benzene ring substituents is 2. The molecule has 41 heteroatoms. The van der Waals surface area contributed by atoms with E-state index in [1.165, 1.54) is 137 Å². The fraction of sp³-hybridized carbons (Fsp3) is 0.228. The van der Waals surface area contributed by atoms with Crippen molar-refractivity contribution in [3.63, 3.8) is 0 Å². The Morgan fingerprint density at radius 2 is 0.732 bits per heavy atom. The van der Waals surface area contributed by atoms with Crippen LogP contribution in [0.15, 0.2) is 320 Å². The minimum absolute atomic E-state index is 0. The van der Waals surface area contributed by atoms with Gasteiger partial charge in [-0.05, 0) is 223 Å². The molecule has 10 aromatic rings. The molecule has 0 heterocycles. The number of ketones is 1. The molecule has 3 radical (unpaired) electrons. The summed E-state index contributed by atoms with van der Waals surface area (Å²) in [5.41, 5.74) is 37.6. The molecule has 10 aromatic carbocycles. The Balaban J connectivity index is 0.000000380. The van der Waals surface area contributed by atoms with Gasteiger partial charge in [0.2, 0.25) is 35.4 Å². The molecular formula is C101H113BN19O21. The molecule has 0 fully saturated rings. The minimum Gasteiger partial charge on any atom is -0.510 e. The Morgan fingerprint density at radius 3 is 1.09 bits per heavy atom. The first-order chi connectivity index (χ1) is 67.0. The second kappa shape index (κ2) is 60.4. The number of benzene rings is 10. The number of allylic oxidation sites excluding steroid dienone is 3. The maximum absolute atomic E-state index is 13.6. The van der Waals surface area contributed by atoms with Crippen LogP contribution in [-0.2, 0) is 43.1 Å². The third-order valence-electron chi connectivity index (χ3n) is 20.3. The zero-order valence-electron chi connectivity index (χ0n) is 79.3. The molecule has 9 amide bonds. The normalized spacial score (nSPS) is 12.2. The van der Waals surface area contributed by atoms with Gasteiger partial charge < -0.3 is 86.1 Å². The van der Waals surface area contributed by atoms with Crippen LogP contribution < -0.4 is 61.0 Å². The number of nitrogen functional groups attached to an aromatic ring is 2. The van der Waals surface area contributed by atoms with E-state index in [1.807, 2.05) is 43.3 Å². The SMILES string of the molecule is CC(=O)CC(=O)Nc1cccc([N+](=O)[O-])c1.CC(O)=C(N=Nc1cccc(C(N)=O)c1)C(=O)Nc1cccc(N)c1.CC(O)=C(N=Nc1cccc(C(N)=O)c1)C(=O)Nc1cccc([N+](=O)[O-])c1.CCC(CCC(C)c1ccccc1)C(=O)O.CCC(CCC(CCC(C)C(=O)OC)C(=O)Nc1cccc(NC(=O)C(N=Nc2cccc(C(N)=O)c2)=C(C)O)c1)c1ccccc1.NC(=O)c1cccc(N)c1.[B]. The molecule has 5 unspecified atom stereocenters. The summed E-state index contributed by atoms with van der Waals surface area (Å²) < 4.78 is 4.88. The predicted molar refractivity (Wildman–Crippen MR) is 540 cm³/mol. The third-order valence-corrected chi connectivity index (χ3v) is 20.3. The van der Waals surface area contributed by atoms with Crippen molar-refractivity contribution in [3.8, 4) is 0 Å². The first-order valence-electron chi connectivity index (χ1n) is 43.7. The number of rotatable bonds is 38. The van der Waals surface area contributed by atoms with Crippen molar-refractivity contribution in [2.45, 2.75) is 125 Å². The quantitative estimate of drug-likeness (QED) is 0.00197. The molecule has 0 aliphatic carbocycles. The number of nitrogens with zero attached hydrogens (tertiary/aromatic N) is 8. The average Bonchev–Trinajstić information content (AvgIpc) is 0.853. The standard InChI is InChI=1S/C36H43N5O6.C17H15N5O5.C17H17N5O3.C14H20O2.C10H10N2O4.C7H8N2O.B/c1-5-25(26-11-7-6-8-12-26)19-20-27(18-17-23(2)36(46)47-4)34(44)38-29-14-10-15-30(22-29)39-35(45)32(24(3)42)41-40-31-16-9-13-28(21-31)33(37)43;1-10(23)15(21-20-13-6-2-4-11(8-13)16(18)24)17(25)19-12-5-3-7-14(9-12)22(26)27;1-10(23)15(17(25)20-13-6-3-5-12(18)9-13)22-21-14-7-2-4-11(8-14)16(19)24;1-3-12(14(15)16)10-9-11(2)13-7-5-4-6-8-13;1-7(13)5-10(14)11-8-3-2-4-9(6-8)12(15)16;8-6-3-1-2-5(4-6)7(9)10;/h6-16,21-23,25,27,42H,5,17-20H2,1-4H3,(H2,37,43)(H,38,44)(H,39,45);2-9,23H,1H3,(H2,18,24)(H,19,25);2-9,23H,18H2,1H3,(H2,19,24)(H,20,25);4-8,11-12H,3,9-10H2,1-2H3,(H,15,16);2-4,6H,5H2,1H3,(H,11,14);1-4H,8H2,(H2,9,10);. The number of primary amides is 4. The molecule has 5 atom stereocenters. The van der Waals surface area contributed by atoms with E-state index in [4.69, 9.17) is 44.2 Å². The van der Waals surface area contributed by atoms with Gasteiger partial charge in [0.1, 0.15) is 23.1 Å².